The van der Waals surface area contributed by atoms with Crippen molar-refractivity contribution in [3.63, 3.8) is 0 Å². The first-order valence-corrected chi connectivity index (χ1v) is 20.1. The van der Waals surface area contributed by atoms with E-state index in [9.17, 15) is 8.42 Å². The van der Waals surface area contributed by atoms with Crippen LogP contribution in [0.15, 0.2) is 78.2 Å². The molecule has 2 heterocycles. The van der Waals surface area contributed by atoms with Crippen LogP contribution in [0.2, 0.25) is 18.1 Å². The quantitative estimate of drug-likeness (QED) is 0.245. The van der Waals surface area contributed by atoms with Gasteiger partial charge in [-0.05, 0) is 84.4 Å². The zero-order valence-electron chi connectivity index (χ0n) is 27.2. The van der Waals surface area contributed by atoms with Crippen molar-refractivity contribution in [2.45, 2.75) is 95.0 Å². The fourth-order valence-corrected chi connectivity index (χ4v) is 9.45. The average Bonchev–Trinajstić information content (AvgIpc) is 3.41. The summed E-state index contributed by atoms with van der Waals surface area (Å²) in [6, 6.07) is 20.8. The van der Waals surface area contributed by atoms with E-state index in [4.69, 9.17) is 18.6 Å². The predicted molar refractivity (Wildman–Crippen MR) is 179 cm³/mol. The van der Waals surface area contributed by atoms with E-state index < -0.39 is 18.3 Å². The molecule has 4 atom stereocenters. The van der Waals surface area contributed by atoms with Gasteiger partial charge in [0.1, 0.15) is 0 Å². The molecule has 0 bridgehead atoms. The summed E-state index contributed by atoms with van der Waals surface area (Å²) in [6.07, 6.45) is 0.569. The minimum absolute atomic E-state index is 0.0225. The van der Waals surface area contributed by atoms with Crippen LogP contribution < -0.4 is 9.47 Å². The number of fused-ring (bicyclic) bond motifs is 3. The van der Waals surface area contributed by atoms with E-state index in [1.807, 2.05) is 49.4 Å². The van der Waals surface area contributed by atoms with E-state index in [0.29, 0.717) is 30.9 Å². The summed E-state index contributed by atoms with van der Waals surface area (Å²) in [5.41, 5.74) is 4.77. The number of rotatable bonds is 7. The molecule has 9 heteroatoms. The molecule has 3 aromatic carbocycles. The van der Waals surface area contributed by atoms with E-state index in [-0.39, 0.29) is 47.4 Å². The van der Waals surface area contributed by atoms with Crippen molar-refractivity contribution in [1.82, 2.24) is 4.31 Å². The second-order valence-electron chi connectivity index (χ2n) is 14.1. The van der Waals surface area contributed by atoms with Gasteiger partial charge in [0.2, 0.25) is 16.8 Å². The molecule has 240 valence electrons. The lowest BCUT2D eigenvalue weighted by Gasteiger charge is -2.48. The van der Waals surface area contributed by atoms with E-state index in [1.165, 1.54) is 0 Å². The number of hydrogen-bond acceptors (Lipinski definition) is 6. The Kier molecular flexibility index (Phi) is 8.54. The van der Waals surface area contributed by atoms with Crippen molar-refractivity contribution in [2.75, 3.05) is 6.79 Å². The zero-order chi connectivity index (χ0) is 32.1. The number of hydrogen-bond donors (Lipinski definition) is 0. The second-order valence-corrected chi connectivity index (χ2v) is 20.8. The van der Waals surface area contributed by atoms with Crippen LogP contribution in [0.4, 0.5) is 0 Å². The van der Waals surface area contributed by atoms with Gasteiger partial charge in [0.25, 0.3) is 0 Å². The molecule has 0 saturated heterocycles. The highest BCUT2D eigenvalue weighted by atomic mass is 32.2. The minimum atomic E-state index is -3.89. The summed E-state index contributed by atoms with van der Waals surface area (Å²) in [5, 5.41) is -0.0225. The highest BCUT2D eigenvalue weighted by Gasteiger charge is 2.50. The molecule has 7 nitrogen and oxygen atoms in total. The maximum Gasteiger partial charge on any atom is 0.243 e. The molecule has 3 aromatic rings. The van der Waals surface area contributed by atoms with Gasteiger partial charge in [0.15, 0.2) is 19.8 Å². The molecule has 0 spiro atoms. The Morgan fingerprint density at radius 1 is 0.956 bits per heavy atom. The molecule has 3 aliphatic rings. The Balaban J connectivity index is 1.44. The van der Waals surface area contributed by atoms with Gasteiger partial charge in [-0.2, -0.15) is 4.31 Å². The second kappa shape index (κ2) is 12.0. The summed E-state index contributed by atoms with van der Waals surface area (Å²) >= 11 is 0. The van der Waals surface area contributed by atoms with Crippen molar-refractivity contribution < 1.29 is 27.1 Å². The lowest BCUT2D eigenvalue weighted by atomic mass is 9.76. The van der Waals surface area contributed by atoms with Crippen LogP contribution in [-0.4, -0.2) is 46.1 Å². The Bertz CT molecular complexity index is 1670. The van der Waals surface area contributed by atoms with Crippen LogP contribution in [0, 0.1) is 12.8 Å². The van der Waals surface area contributed by atoms with Crippen LogP contribution in [0.1, 0.15) is 55.9 Å². The molecule has 0 radical (unpaired) electrons. The topological polar surface area (TPSA) is 74.3 Å². The first-order chi connectivity index (χ1) is 21.2. The lowest BCUT2D eigenvalue weighted by molar-refractivity contribution is -0.0809. The fourth-order valence-electron chi connectivity index (χ4n) is 6.45. The third-order valence-corrected chi connectivity index (χ3v) is 16.5. The molecule has 1 fully saturated rings. The van der Waals surface area contributed by atoms with Crippen LogP contribution in [0.25, 0.3) is 5.57 Å². The van der Waals surface area contributed by atoms with Gasteiger partial charge in [-0.15, -0.1) is 0 Å². The van der Waals surface area contributed by atoms with Crippen molar-refractivity contribution in [3.8, 4) is 11.5 Å². The molecule has 45 heavy (non-hydrogen) atoms. The van der Waals surface area contributed by atoms with Gasteiger partial charge in [0.05, 0.1) is 23.7 Å². The number of nitrogens with zero attached hydrogens (tertiary/aromatic N) is 1. The maximum atomic E-state index is 14.6. The number of aryl methyl sites for hydroxylation is 1. The average molecular weight is 648 g/mol. The number of ether oxygens (including phenoxy) is 3. The van der Waals surface area contributed by atoms with Crippen LogP contribution in [-0.2, 0) is 32.3 Å². The molecule has 1 saturated carbocycles. The van der Waals surface area contributed by atoms with Crippen molar-refractivity contribution in [1.29, 1.82) is 0 Å². The highest BCUT2D eigenvalue weighted by Crippen LogP contribution is 2.49. The van der Waals surface area contributed by atoms with Crippen molar-refractivity contribution in [2.24, 2.45) is 5.92 Å². The summed E-state index contributed by atoms with van der Waals surface area (Å²) < 4.78 is 56.1. The Labute approximate surface area is 269 Å². The number of sulfonamides is 1. The van der Waals surface area contributed by atoms with Gasteiger partial charge in [-0.1, -0.05) is 75.4 Å². The summed E-state index contributed by atoms with van der Waals surface area (Å²) in [5.74, 6) is 1.10. The Hall–Kier alpha value is -2.95. The molecule has 6 rings (SSSR count). The SMILES string of the molecule is C=C1c2cc3c(cc2CN(S(=O)(=O)c2ccc(C)cc2)[C@H]2C[C@H](O[Si](C)(C)C(C)(C)C)[C@H](OCc4ccccc4)C[C@@H]12)OCO3. The highest BCUT2D eigenvalue weighted by molar-refractivity contribution is 7.89. The molecular formula is C36H45NO6SSi. The van der Waals surface area contributed by atoms with Gasteiger partial charge in [-0.25, -0.2) is 8.42 Å². The van der Waals surface area contributed by atoms with Gasteiger partial charge in [0, 0.05) is 18.5 Å². The van der Waals surface area contributed by atoms with Crippen molar-refractivity contribution in [3.05, 3.63) is 95.6 Å². The summed E-state index contributed by atoms with van der Waals surface area (Å²) in [7, 11) is -6.13. The molecule has 0 N–H and O–H groups in total. The van der Waals surface area contributed by atoms with Crippen LogP contribution in [0.3, 0.4) is 0 Å². The molecule has 0 amide bonds. The normalized spacial score (nSPS) is 23.7. The third-order valence-electron chi connectivity index (χ3n) is 10.1. The predicted octanol–water partition coefficient (Wildman–Crippen LogP) is 7.70. The van der Waals surface area contributed by atoms with E-state index in [1.54, 1.807) is 16.4 Å². The molecule has 2 aliphatic heterocycles. The Morgan fingerprint density at radius 2 is 1.62 bits per heavy atom. The molecule has 1 aliphatic carbocycles. The largest absolute Gasteiger partial charge is 0.454 e. The fraction of sp³-hybridized carbons (Fsp3) is 0.444. The number of benzene rings is 3. The standard InChI is InChI=1S/C36H45NO6SSi/c1-24-13-15-28(16-14-24)44(38,39)37-21-27-17-32-33(42-23-41-32)18-29(27)25(2)30-19-34(40-22-26-11-9-8-10-12-26)35(20-31(30)37)43-45(6,7)36(3,4)5/h8-18,30-31,34-35H,2,19-23H2,1,3-7H3/t30-,31-,34+,35-/m0/s1. The zero-order valence-corrected chi connectivity index (χ0v) is 29.0. The van der Waals surface area contributed by atoms with E-state index >= 15 is 0 Å². The molecule has 0 aromatic heterocycles. The first kappa shape index (κ1) is 32.0. The minimum Gasteiger partial charge on any atom is -0.454 e. The lowest BCUT2D eigenvalue weighted by Crippen LogP contribution is -2.56. The Morgan fingerprint density at radius 3 is 2.29 bits per heavy atom. The third kappa shape index (κ3) is 6.25. The summed E-state index contributed by atoms with van der Waals surface area (Å²) in [6.45, 7) is 18.5. The van der Waals surface area contributed by atoms with Crippen LogP contribution >= 0.6 is 0 Å². The van der Waals surface area contributed by atoms with Gasteiger partial charge in [-0.3, -0.25) is 0 Å². The molecule has 0 unspecified atom stereocenters. The van der Waals surface area contributed by atoms with E-state index in [2.05, 4.69) is 52.6 Å². The monoisotopic (exact) mass is 647 g/mol. The van der Waals surface area contributed by atoms with E-state index in [0.717, 1.165) is 27.8 Å². The van der Waals surface area contributed by atoms with Gasteiger partial charge < -0.3 is 18.6 Å². The summed E-state index contributed by atoms with van der Waals surface area (Å²) in [4.78, 5) is 0.283. The van der Waals surface area contributed by atoms with Gasteiger partial charge >= 0.3 is 0 Å². The van der Waals surface area contributed by atoms with Crippen LogP contribution in [0.5, 0.6) is 11.5 Å². The maximum absolute atomic E-state index is 14.6. The smallest absolute Gasteiger partial charge is 0.243 e. The van der Waals surface area contributed by atoms with Crippen molar-refractivity contribution >= 4 is 23.9 Å². The first-order valence-electron chi connectivity index (χ1n) is 15.8. The molecular weight excluding hydrogens is 603 g/mol.